The van der Waals surface area contributed by atoms with Crippen molar-refractivity contribution < 1.29 is 18.5 Å². The van der Waals surface area contributed by atoms with Crippen molar-refractivity contribution in [3.63, 3.8) is 0 Å². The fourth-order valence-corrected chi connectivity index (χ4v) is 6.62. The van der Waals surface area contributed by atoms with Crippen molar-refractivity contribution in [1.82, 2.24) is 0 Å². The molecule has 0 fully saturated rings. The molecule has 0 spiro atoms. The molecule has 0 aromatic carbocycles. The monoisotopic (exact) mass is 484 g/mol. The van der Waals surface area contributed by atoms with Gasteiger partial charge in [0, 0.05) is 0 Å². The van der Waals surface area contributed by atoms with E-state index in [1.807, 2.05) is 0 Å². The van der Waals surface area contributed by atoms with Crippen LogP contribution in [0.4, 0.5) is 0 Å². The van der Waals surface area contributed by atoms with Crippen LogP contribution in [0.15, 0.2) is 0 Å². The summed E-state index contributed by atoms with van der Waals surface area (Å²) in [6.45, 7) is 2.92. The first-order chi connectivity index (χ1) is 13.3. The number of rotatable bonds is 21. The van der Waals surface area contributed by atoms with E-state index in [9.17, 15) is 9.46 Å². The van der Waals surface area contributed by atoms with Gasteiger partial charge in [-0.2, -0.15) is 0 Å². The Balaban J connectivity index is 3.32. The molecule has 0 aromatic rings. The Kier molecular flexibility index (Phi) is 18.9. The van der Waals surface area contributed by atoms with Crippen LogP contribution in [0.2, 0.25) is 22.3 Å². The summed E-state index contributed by atoms with van der Waals surface area (Å²) < 4.78 is 21.9. The number of phosphoric acid groups is 1. The summed E-state index contributed by atoms with van der Waals surface area (Å²) >= 11 is -1.57. The van der Waals surface area contributed by atoms with Crippen LogP contribution in [0.5, 0.6) is 0 Å². The molecule has 0 amide bonds. The van der Waals surface area contributed by atoms with Gasteiger partial charge in [0.05, 0.1) is 0 Å². The Morgan fingerprint density at radius 1 is 0.643 bits per heavy atom. The molecule has 0 rings (SSSR count). The van der Waals surface area contributed by atoms with Crippen molar-refractivity contribution in [3.05, 3.63) is 0 Å². The van der Waals surface area contributed by atoms with Gasteiger partial charge in [-0.3, -0.25) is 0 Å². The Bertz CT molecular complexity index is 385. The van der Waals surface area contributed by atoms with E-state index in [-0.39, 0.29) is 0 Å². The molecule has 1 unspecified atom stereocenters. The molecule has 4 nitrogen and oxygen atoms in total. The van der Waals surface area contributed by atoms with E-state index in [0.717, 1.165) is 24.5 Å². The summed E-state index contributed by atoms with van der Waals surface area (Å²) in [7, 11) is -3.84. The van der Waals surface area contributed by atoms with Crippen molar-refractivity contribution in [2.24, 2.45) is 0 Å². The van der Waals surface area contributed by atoms with Gasteiger partial charge in [-0.15, -0.1) is 0 Å². The average Bonchev–Trinajstić information content (AvgIpc) is 2.61. The molecule has 0 radical (unpaired) electrons. The van der Waals surface area contributed by atoms with Crippen LogP contribution in [0.25, 0.3) is 0 Å². The van der Waals surface area contributed by atoms with Gasteiger partial charge in [0.25, 0.3) is 0 Å². The molecule has 0 aliphatic rings. The van der Waals surface area contributed by atoms with Gasteiger partial charge in [0.2, 0.25) is 0 Å². The minimum absolute atomic E-state index is 0.322. The molecule has 172 valence electrons. The van der Waals surface area contributed by atoms with Gasteiger partial charge in [-0.25, -0.2) is 0 Å². The standard InChI is InChI=1S/C22H50AsO4P/c1-5-6-7-8-9-10-11-12-13-14-15-16-17-18-21-26-28(24,25)27-22-19-20-23(2,3)4/h23H,5-22H2,1-4H3,(H,24,25). The maximum atomic E-state index is 11.8. The van der Waals surface area contributed by atoms with Crippen molar-refractivity contribution in [2.45, 2.75) is 126 Å². The van der Waals surface area contributed by atoms with Crippen LogP contribution in [0, 0.1) is 0 Å². The van der Waals surface area contributed by atoms with Gasteiger partial charge in [0.15, 0.2) is 0 Å². The zero-order chi connectivity index (χ0) is 21.1. The molecular formula is C22H50AsO4P. The second-order valence-electron chi connectivity index (χ2n) is 9.40. The second kappa shape index (κ2) is 18.4. The second-order valence-corrected chi connectivity index (χ2v) is 22.6. The van der Waals surface area contributed by atoms with E-state index >= 15 is 0 Å². The molecule has 0 aromatic heterocycles. The van der Waals surface area contributed by atoms with E-state index in [2.05, 4.69) is 24.1 Å². The minimum atomic E-state index is -3.84. The fourth-order valence-electron chi connectivity index (χ4n) is 3.30. The predicted octanol–water partition coefficient (Wildman–Crippen LogP) is 8.06. The van der Waals surface area contributed by atoms with Crippen LogP contribution in [0.1, 0.15) is 103 Å². The number of hydrogen-bond donors (Lipinski definition) is 1. The quantitative estimate of drug-likeness (QED) is 0.102. The molecule has 0 heterocycles. The molecule has 0 saturated heterocycles. The maximum absolute atomic E-state index is 11.8. The van der Waals surface area contributed by atoms with Crippen LogP contribution in [-0.4, -0.2) is 31.7 Å². The third-order valence-corrected chi connectivity index (χ3v) is 9.98. The van der Waals surface area contributed by atoms with Crippen molar-refractivity contribution in [2.75, 3.05) is 13.2 Å². The van der Waals surface area contributed by atoms with E-state index in [1.165, 1.54) is 77.0 Å². The Labute approximate surface area is 178 Å². The van der Waals surface area contributed by atoms with E-state index in [0.29, 0.717) is 13.2 Å². The molecule has 28 heavy (non-hydrogen) atoms. The van der Waals surface area contributed by atoms with E-state index in [1.54, 1.807) is 0 Å². The third kappa shape index (κ3) is 23.0. The molecule has 0 bridgehead atoms. The molecular weight excluding hydrogens is 434 g/mol. The Morgan fingerprint density at radius 2 is 1.00 bits per heavy atom. The molecule has 1 atom stereocenters. The Hall–Kier alpha value is 0.668. The van der Waals surface area contributed by atoms with E-state index < -0.39 is 21.4 Å². The summed E-state index contributed by atoms with van der Waals surface area (Å²) in [5.74, 6) is 0. The van der Waals surface area contributed by atoms with Gasteiger partial charge in [-0.05, 0) is 0 Å². The molecule has 1 N–H and O–H groups in total. The van der Waals surface area contributed by atoms with Crippen LogP contribution >= 0.6 is 7.82 Å². The number of hydrogen-bond acceptors (Lipinski definition) is 3. The molecule has 0 aliphatic carbocycles. The predicted molar refractivity (Wildman–Crippen MR) is 126 cm³/mol. The first kappa shape index (κ1) is 28.7. The normalized spacial score (nSPS) is 14.9. The summed E-state index contributed by atoms with van der Waals surface area (Å²) in [5, 5.41) is 1.15. The molecule has 0 aliphatic heterocycles. The van der Waals surface area contributed by atoms with Crippen LogP contribution in [0.3, 0.4) is 0 Å². The van der Waals surface area contributed by atoms with Gasteiger partial charge in [-0.1, -0.05) is 64.7 Å². The van der Waals surface area contributed by atoms with Crippen LogP contribution < -0.4 is 0 Å². The fraction of sp³-hybridized carbons (Fsp3) is 1.00. The van der Waals surface area contributed by atoms with Crippen molar-refractivity contribution in [1.29, 1.82) is 0 Å². The van der Waals surface area contributed by atoms with E-state index in [4.69, 9.17) is 9.05 Å². The first-order valence-corrected chi connectivity index (χ1v) is 21.2. The zero-order valence-corrected chi connectivity index (χ0v) is 22.3. The number of unbranched alkanes of at least 4 members (excludes halogenated alkanes) is 13. The van der Waals surface area contributed by atoms with Crippen molar-refractivity contribution in [3.8, 4) is 0 Å². The summed E-state index contributed by atoms with van der Waals surface area (Å²) in [5.41, 5.74) is 7.01. The molecule has 6 heteroatoms. The summed E-state index contributed by atoms with van der Waals surface area (Å²) in [6, 6.07) is 0. The van der Waals surface area contributed by atoms with Crippen LogP contribution in [-0.2, 0) is 13.6 Å². The van der Waals surface area contributed by atoms with Gasteiger partial charge >= 0.3 is 114 Å². The first-order valence-electron chi connectivity index (χ1n) is 11.9. The average molecular weight is 485 g/mol. The number of phosphoric ester groups is 1. The van der Waals surface area contributed by atoms with Crippen molar-refractivity contribution >= 4 is 21.4 Å². The Morgan fingerprint density at radius 3 is 1.39 bits per heavy atom. The topological polar surface area (TPSA) is 55.8 Å². The van der Waals surface area contributed by atoms with Gasteiger partial charge < -0.3 is 0 Å². The molecule has 0 saturated carbocycles. The SMILES string of the molecule is CCCCCCCCCCCCCCCCOP(=O)(O)OCCC[AsH](C)(C)C. The zero-order valence-electron chi connectivity index (χ0n) is 19.3. The summed E-state index contributed by atoms with van der Waals surface area (Å²) in [6.07, 6.45) is 19.0. The van der Waals surface area contributed by atoms with Gasteiger partial charge in [0.1, 0.15) is 0 Å². The summed E-state index contributed by atoms with van der Waals surface area (Å²) in [4.78, 5) is 9.67. The third-order valence-electron chi connectivity index (χ3n) is 5.08.